The second-order valence-electron chi connectivity index (χ2n) is 5.45. The fourth-order valence-electron chi connectivity index (χ4n) is 2.68. The number of nitrogens with one attached hydrogen (secondary N) is 4. The first-order valence-corrected chi connectivity index (χ1v) is 6.81. The van der Waals surface area contributed by atoms with Gasteiger partial charge in [0.2, 0.25) is 5.91 Å². The van der Waals surface area contributed by atoms with Crippen LogP contribution in [0, 0.1) is 0 Å². The van der Waals surface area contributed by atoms with Crippen molar-refractivity contribution in [3.8, 4) is 0 Å². The number of aromatic nitrogens is 2. The molecule has 7 nitrogen and oxygen atoms in total. The average molecular weight is 288 g/mol. The van der Waals surface area contributed by atoms with E-state index in [1.54, 1.807) is 18.2 Å². The summed E-state index contributed by atoms with van der Waals surface area (Å²) in [5, 5.41) is 10.9. The van der Waals surface area contributed by atoms with Crippen molar-refractivity contribution < 1.29 is 4.79 Å². The molecule has 1 unspecified atom stereocenters. The van der Waals surface area contributed by atoms with Gasteiger partial charge in [-0.05, 0) is 38.4 Å². The minimum Gasteiger partial charge on any atom is -0.324 e. The highest BCUT2D eigenvalue weighted by Crippen LogP contribution is 2.23. The molecular weight excluding hydrogens is 272 g/mol. The molecule has 4 N–H and O–H groups in total. The number of amides is 1. The van der Waals surface area contributed by atoms with Crippen molar-refractivity contribution in [3.05, 3.63) is 38.9 Å². The average Bonchev–Trinajstić information content (AvgIpc) is 2.91. The van der Waals surface area contributed by atoms with Gasteiger partial charge >= 0.3 is 0 Å². The molecule has 21 heavy (non-hydrogen) atoms. The van der Waals surface area contributed by atoms with Crippen LogP contribution in [0.5, 0.6) is 0 Å². The van der Waals surface area contributed by atoms with Crippen molar-refractivity contribution in [2.45, 2.75) is 25.3 Å². The third-order valence-electron chi connectivity index (χ3n) is 3.94. The molecule has 1 aromatic carbocycles. The largest absolute Gasteiger partial charge is 0.324 e. The summed E-state index contributed by atoms with van der Waals surface area (Å²) in [5.41, 5.74) is -1.13. The predicted molar refractivity (Wildman–Crippen MR) is 79.5 cm³/mol. The zero-order valence-corrected chi connectivity index (χ0v) is 11.6. The lowest BCUT2D eigenvalue weighted by Gasteiger charge is -2.23. The summed E-state index contributed by atoms with van der Waals surface area (Å²) in [6.45, 7) is 2.62. The molecule has 1 amide bonds. The third kappa shape index (κ3) is 2.25. The molecule has 0 spiro atoms. The Labute approximate surface area is 119 Å². The molecule has 0 aliphatic carbocycles. The minimum absolute atomic E-state index is 0.191. The number of H-pyrrole nitrogens is 2. The van der Waals surface area contributed by atoms with Crippen molar-refractivity contribution in [3.63, 3.8) is 0 Å². The lowest BCUT2D eigenvalue weighted by molar-refractivity contribution is -0.121. The number of carbonyl (C=O) groups is 1. The van der Waals surface area contributed by atoms with E-state index in [1.807, 2.05) is 6.92 Å². The van der Waals surface area contributed by atoms with Gasteiger partial charge in [0.1, 0.15) is 0 Å². The van der Waals surface area contributed by atoms with Gasteiger partial charge in [-0.15, -0.1) is 0 Å². The monoisotopic (exact) mass is 288 g/mol. The molecule has 0 bridgehead atoms. The fraction of sp³-hybridized carbons (Fsp3) is 0.357. The van der Waals surface area contributed by atoms with Crippen LogP contribution in [0.1, 0.15) is 19.8 Å². The third-order valence-corrected chi connectivity index (χ3v) is 3.94. The van der Waals surface area contributed by atoms with Crippen LogP contribution in [0.15, 0.2) is 27.8 Å². The highest BCUT2D eigenvalue weighted by atomic mass is 16.2. The molecule has 1 aliphatic heterocycles. The van der Waals surface area contributed by atoms with Crippen molar-refractivity contribution in [1.82, 2.24) is 15.5 Å². The Morgan fingerprint density at radius 2 is 2.00 bits per heavy atom. The number of hydrogen-bond acceptors (Lipinski definition) is 4. The Balaban J connectivity index is 2.06. The number of fused-ring (bicyclic) bond motifs is 1. The molecule has 0 saturated carbocycles. The zero-order chi connectivity index (χ0) is 15.0. The fourth-order valence-corrected chi connectivity index (χ4v) is 2.68. The predicted octanol–water partition coefficient (Wildman–Crippen LogP) is 0.297. The summed E-state index contributed by atoms with van der Waals surface area (Å²) in [6, 6.07) is 4.80. The first kappa shape index (κ1) is 13.6. The second-order valence-corrected chi connectivity index (χ2v) is 5.45. The maximum absolute atomic E-state index is 12.4. The number of carbonyl (C=O) groups excluding carboxylic acids is 1. The molecule has 1 fully saturated rings. The van der Waals surface area contributed by atoms with Crippen molar-refractivity contribution in [1.29, 1.82) is 0 Å². The van der Waals surface area contributed by atoms with E-state index in [1.165, 1.54) is 0 Å². The van der Waals surface area contributed by atoms with Crippen LogP contribution < -0.4 is 21.8 Å². The van der Waals surface area contributed by atoms with E-state index < -0.39 is 16.7 Å². The van der Waals surface area contributed by atoms with E-state index in [2.05, 4.69) is 20.8 Å². The van der Waals surface area contributed by atoms with Crippen LogP contribution in [0.3, 0.4) is 0 Å². The Morgan fingerprint density at radius 3 is 2.71 bits per heavy atom. The number of rotatable bonds is 2. The highest BCUT2D eigenvalue weighted by Gasteiger charge is 2.36. The standard InChI is InChI=1S/C14H16N4O3/c1-14(6-3-7-15-14)13(21)16-9-5-2-4-8-10(9)12(20)18-17-11(8)19/h2,4-5,15H,3,6-7H2,1H3,(H,16,21)(H,17,19)(H,18,20). The number of anilines is 1. The smallest absolute Gasteiger partial charge is 0.272 e. The molecule has 7 heteroatoms. The summed E-state index contributed by atoms with van der Waals surface area (Å²) in [6.07, 6.45) is 1.67. The molecule has 1 atom stereocenters. The Morgan fingerprint density at radius 1 is 1.24 bits per heavy atom. The van der Waals surface area contributed by atoms with Crippen molar-refractivity contribution in [2.75, 3.05) is 11.9 Å². The molecule has 1 saturated heterocycles. The van der Waals surface area contributed by atoms with Gasteiger partial charge in [-0.2, -0.15) is 0 Å². The number of benzene rings is 1. The topological polar surface area (TPSA) is 107 Å². The van der Waals surface area contributed by atoms with Crippen molar-refractivity contribution in [2.24, 2.45) is 0 Å². The Hall–Kier alpha value is -2.41. The molecule has 1 aliphatic rings. The van der Waals surface area contributed by atoms with Gasteiger partial charge in [0.25, 0.3) is 11.1 Å². The van der Waals surface area contributed by atoms with E-state index in [-0.39, 0.29) is 16.7 Å². The molecule has 0 radical (unpaired) electrons. The normalized spacial score (nSPS) is 21.6. The first-order valence-electron chi connectivity index (χ1n) is 6.81. The summed E-state index contributed by atoms with van der Waals surface area (Å²) in [4.78, 5) is 36.1. The summed E-state index contributed by atoms with van der Waals surface area (Å²) in [5.74, 6) is -0.202. The van der Waals surface area contributed by atoms with Crippen LogP contribution in [-0.4, -0.2) is 28.2 Å². The molecule has 2 heterocycles. The lowest BCUT2D eigenvalue weighted by Crippen LogP contribution is -2.48. The van der Waals surface area contributed by atoms with Gasteiger partial charge in [-0.3, -0.25) is 24.6 Å². The molecule has 1 aromatic heterocycles. The van der Waals surface area contributed by atoms with E-state index >= 15 is 0 Å². The number of aromatic amines is 2. The van der Waals surface area contributed by atoms with Gasteiger partial charge in [0.15, 0.2) is 0 Å². The van der Waals surface area contributed by atoms with Crippen LogP contribution in [-0.2, 0) is 4.79 Å². The van der Waals surface area contributed by atoms with Crippen LogP contribution in [0.2, 0.25) is 0 Å². The van der Waals surface area contributed by atoms with Gasteiger partial charge in [-0.1, -0.05) is 6.07 Å². The number of hydrogen-bond donors (Lipinski definition) is 4. The Kier molecular flexibility index (Phi) is 3.13. The zero-order valence-electron chi connectivity index (χ0n) is 11.6. The first-order chi connectivity index (χ1) is 10.0. The van der Waals surface area contributed by atoms with Gasteiger partial charge in [0, 0.05) is 0 Å². The van der Waals surface area contributed by atoms with Crippen LogP contribution in [0.4, 0.5) is 5.69 Å². The van der Waals surface area contributed by atoms with Crippen LogP contribution in [0.25, 0.3) is 10.8 Å². The maximum Gasteiger partial charge on any atom is 0.272 e. The van der Waals surface area contributed by atoms with E-state index in [4.69, 9.17) is 0 Å². The molecule has 3 rings (SSSR count). The van der Waals surface area contributed by atoms with Crippen molar-refractivity contribution >= 4 is 22.4 Å². The van der Waals surface area contributed by atoms with Gasteiger partial charge < -0.3 is 10.6 Å². The summed E-state index contributed by atoms with van der Waals surface area (Å²) in [7, 11) is 0. The Bertz CT molecular complexity index is 815. The summed E-state index contributed by atoms with van der Waals surface area (Å²) < 4.78 is 0. The maximum atomic E-state index is 12.4. The minimum atomic E-state index is -0.643. The quantitative estimate of drug-likeness (QED) is 0.637. The molecule has 110 valence electrons. The summed E-state index contributed by atoms with van der Waals surface area (Å²) >= 11 is 0. The van der Waals surface area contributed by atoms with E-state index in [0.29, 0.717) is 5.69 Å². The van der Waals surface area contributed by atoms with Crippen LogP contribution >= 0.6 is 0 Å². The van der Waals surface area contributed by atoms with Gasteiger partial charge in [0.05, 0.1) is 22.0 Å². The van der Waals surface area contributed by atoms with E-state index in [0.717, 1.165) is 19.4 Å². The molecule has 2 aromatic rings. The second kappa shape index (κ2) is 4.85. The van der Waals surface area contributed by atoms with E-state index in [9.17, 15) is 14.4 Å². The highest BCUT2D eigenvalue weighted by molar-refractivity contribution is 6.04. The van der Waals surface area contributed by atoms with Gasteiger partial charge in [-0.25, -0.2) is 0 Å². The molecular formula is C14H16N4O3. The SMILES string of the molecule is CC1(C(=O)Nc2cccc3c(=O)[nH][nH]c(=O)c23)CCCN1. The lowest BCUT2D eigenvalue weighted by atomic mass is 9.99.